The predicted molar refractivity (Wildman–Crippen MR) is 163 cm³/mol. The number of benzene rings is 1. The number of β-amino-alcohol motifs (C(OH)–C–C–N with tert-alkyl or cyclic N) is 1. The number of carbonyl (C=O) groups excluding carboxylic acids is 3. The first-order valence-electron chi connectivity index (χ1n) is 15.5. The third-order valence-corrected chi connectivity index (χ3v) is 9.90. The number of alkyl halides is 5. The lowest BCUT2D eigenvalue weighted by atomic mass is 10.0. The fourth-order valence-corrected chi connectivity index (χ4v) is 7.08. The van der Waals surface area contributed by atoms with Crippen molar-refractivity contribution in [2.45, 2.75) is 36.7 Å². The number of urea groups is 1. The number of aliphatic hydroxyl groups is 1. The molecule has 2 unspecified atom stereocenters. The standard InChI is InChI=1S/C30H31ClF5N9O4/c1-42-21(18-13-45(23-5-29(23,32)33)41-24(18)30(34,35)36)7-38-25(42)26(47)39-16-2-3-17(19(31)4-16)27(48)43-9-14-11-44(12-15(14)10-43)28(49)40-20-6-37-8-22(20)46/h2-4,7,13-15,20,22-23,37,46H,5-6,8-12H2,1H3,(H,39,47)(H,40,49)/t14-,15+,20-,22?,23?/m0/s1. The van der Waals surface area contributed by atoms with E-state index in [-0.39, 0.29) is 57.6 Å². The zero-order chi connectivity index (χ0) is 35.0. The summed E-state index contributed by atoms with van der Waals surface area (Å²) in [6, 6.07) is 2.20. The van der Waals surface area contributed by atoms with Gasteiger partial charge in [-0.25, -0.2) is 18.6 Å². The van der Waals surface area contributed by atoms with Crippen LogP contribution in [0.1, 0.15) is 39.1 Å². The topological polar surface area (TPSA) is 150 Å². The van der Waals surface area contributed by atoms with E-state index in [2.05, 4.69) is 26.0 Å². The molecular formula is C30H31ClF5N9O4. The molecule has 3 saturated heterocycles. The Labute approximate surface area is 280 Å². The van der Waals surface area contributed by atoms with Crippen LogP contribution in [0.25, 0.3) is 11.3 Å². The number of rotatable bonds is 6. The molecule has 0 radical (unpaired) electrons. The maximum Gasteiger partial charge on any atom is 0.435 e. The normalized spacial score (nSPS) is 25.8. The molecule has 0 bridgehead atoms. The first kappa shape index (κ1) is 33.2. The molecule has 3 aliphatic heterocycles. The quantitative estimate of drug-likeness (QED) is 0.288. The Balaban J connectivity index is 0.987. The molecule has 13 nitrogen and oxygen atoms in total. The SMILES string of the molecule is Cn1c(-c2cn(C3CC3(F)F)nc2C(F)(F)F)cnc1C(=O)Nc1ccc(C(=O)N2C[C@H]3CN(C(=O)N[C@H]4CNCC4O)C[C@H]3C2)c(Cl)c1. The second-order valence-electron chi connectivity index (χ2n) is 12.9. The summed E-state index contributed by atoms with van der Waals surface area (Å²) in [5.74, 6) is -4.37. The Morgan fingerprint density at radius 3 is 2.35 bits per heavy atom. The molecule has 5 atom stereocenters. The summed E-state index contributed by atoms with van der Waals surface area (Å²) >= 11 is 6.46. The van der Waals surface area contributed by atoms with E-state index in [4.69, 9.17) is 11.6 Å². The van der Waals surface area contributed by atoms with Crippen LogP contribution < -0.4 is 16.0 Å². The number of halogens is 6. The van der Waals surface area contributed by atoms with Crippen molar-refractivity contribution in [2.24, 2.45) is 18.9 Å². The lowest BCUT2D eigenvalue weighted by Gasteiger charge is -2.24. The van der Waals surface area contributed by atoms with Gasteiger partial charge in [0.05, 0.1) is 40.2 Å². The van der Waals surface area contributed by atoms with Crippen LogP contribution in [-0.2, 0) is 13.2 Å². The van der Waals surface area contributed by atoms with Gasteiger partial charge in [-0.15, -0.1) is 0 Å². The summed E-state index contributed by atoms with van der Waals surface area (Å²) in [6.07, 6.45) is -4.31. The Hall–Kier alpha value is -4.29. The largest absolute Gasteiger partial charge is 0.435 e. The van der Waals surface area contributed by atoms with Gasteiger partial charge < -0.3 is 35.4 Å². The smallest absolute Gasteiger partial charge is 0.390 e. The van der Waals surface area contributed by atoms with E-state index < -0.39 is 47.8 Å². The Bertz CT molecular complexity index is 1820. The molecule has 4 N–H and O–H groups in total. The maximum absolute atomic E-state index is 13.8. The third-order valence-electron chi connectivity index (χ3n) is 9.59. The number of hydrogen-bond acceptors (Lipinski definition) is 7. The molecule has 4 aliphatic rings. The van der Waals surface area contributed by atoms with E-state index >= 15 is 0 Å². The fraction of sp³-hybridized carbons (Fsp3) is 0.500. The van der Waals surface area contributed by atoms with Crippen LogP contribution in [0.3, 0.4) is 0 Å². The van der Waals surface area contributed by atoms with Gasteiger partial charge in [-0.05, 0) is 18.2 Å². The molecule has 0 spiro atoms. The number of nitrogens with zero attached hydrogens (tertiary/aromatic N) is 6. The van der Waals surface area contributed by atoms with Gasteiger partial charge in [-0.3, -0.25) is 14.3 Å². The van der Waals surface area contributed by atoms with Crippen molar-refractivity contribution in [3.63, 3.8) is 0 Å². The molecule has 2 aromatic heterocycles. The molecule has 7 rings (SSSR count). The van der Waals surface area contributed by atoms with Gasteiger partial charge in [0.1, 0.15) is 6.04 Å². The van der Waals surface area contributed by atoms with Crippen molar-refractivity contribution in [3.05, 3.63) is 52.7 Å². The van der Waals surface area contributed by atoms with Crippen molar-refractivity contribution in [3.8, 4) is 11.3 Å². The molecule has 19 heteroatoms. The van der Waals surface area contributed by atoms with Crippen molar-refractivity contribution in [1.82, 2.24) is 39.8 Å². The summed E-state index contributed by atoms with van der Waals surface area (Å²) < 4.78 is 70.2. The van der Waals surface area contributed by atoms with E-state index in [0.717, 1.165) is 17.0 Å². The van der Waals surface area contributed by atoms with Gasteiger partial charge in [0.25, 0.3) is 17.7 Å². The predicted octanol–water partition coefficient (Wildman–Crippen LogP) is 2.83. The number of hydrogen-bond donors (Lipinski definition) is 4. The van der Waals surface area contributed by atoms with Crippen LogP contribution in [0, 0.1) is 11.8 Å². The number of aliphatic hydroxyl groups excluding tert-OH is 1. The average molecular weight is 712 g/mol. The number of likely N-dealkylation sites (tertiary alicyclic amines) is 2. The Morgan fingerprint density at radius 1 is 1.08 bits per heavy atom. The number of carbonyl (C=O) groups is 3. The van der Waals surface area contributed by atoms with E-state index in [1.165, 1.54) is 25.2 Å². The highest BCUT2D eigenvalue weighted by atomic mass is 35.5. The minimum Gasteiger partial charge on any atom is -0.390 e. The number of fused-ring (bicyclic) bond motifs is 1. The molecule has 1 aromatic carbocycles. The van der Waals surface area contributed by atoms with Gasteiger partial charge in [0, 0.05) is 76.5 Å². The van der Waals surface area contributed by atoms with E-state index in [9.17, 15) is 41.4 Å². The summed E-state index contributed by atoms with van der Waals surface area (Å²) in [4.78, 5) is 46.5. The zero-order valence-corrected chi connectivity index (χ0v) is 26.6. The van der Waals surface area contributed by atoms with Gasteiger partial charge in [0.2, 0.25) is 0 Å². The molecule has 3 aromatic rings. The van der Waals surface area contributed by atoms with Crippen LogP contribution >= 0.6 is 11.6 Å². The van der Waals surface area contributed by atoms with Gasteiger partial charge in [-0.2, -0.15) is 18.3 Å². The lowest BCUT2D eigenvalue weighted by molar-refractivity contribution is -0.141. The fourth-order valence-electron chi connectivity index (χ4n) is 6.82. The van der Waals surface area contributed by atoms with Crippen LogP contribution in [0.2, 0.25) is 5.02 Å². The average Bonchev–Trinajstić information content (AvgIpc) is 3.67. The summed E-state index contributed by atoms with van der Waals surface area (Å²) in [5.41, 5.74) is -1.64. The highest BCUT2D eigenvalue weighted by molar-refractivity contribution is 6.34. The Kier molecular flexibility index (Phi) is 8.10. The summed E-state index contributed by atoms with van der Waals surface area (Å²) in [7, 11) is 1.31. The van der Waals surface area contributed by atoms with Gasteiger partial charge in [-0.1, -0.05) is 11.6 Å². The highest BCUT2D eigenvalue weighted by Gasteiger charge is 2.59. The van der Waals surface area contributed by atoms with E-state index in [1.54, 1.807) is 9.80 Å². The molecule has 49 heavy (non-hydrogen) atoms. The van der Waals surface area contributed by atoms with Crippen LogP contribution in [0.5, 0.6) is 0 Å². The van der Waals surface area contributed by atoms with Crippen LogP contribution in [0.4, 0.5) is 32.4 Å². The molecule has 1 saturated carbocycles. The Morgan fingerprint density at radius 2 is 1.76 bits per heavy atom. The third kappa shape index (κ3) is 6.20. The van der Waals surface area contributed by atoms with Crippen molar-refractivity contribution < 1.29 is 41.4 Å². The van der Waals surface area contributed by atoms with Crippen LogP contribution in [-0.4, -0.2) is 109 Å². The number of aromatic nitrogens is 4. The minimum absolute atomic E-state index is 0.0595. The van der Waals surface area contributed by atoms with Crippen molar-refractivity contribution >= 4 is 35.1 Å². The molecule has 262 valence electrons. The first-order valence-corrected chi connectivity index (χ1v) is 15.9. The van der Waals surface area contributed by atoms with Gasteiger partial charge in [0.15, 0.2) is 11.5 Å². The zero-order valence-electron chi connectivity index (χ0n) is 25.8. The van der Waals surface area contributed by atoms with E-state index in [0.29, 0.717) is 44.0 Å². The first-order chi connectivity index (χ1) is 23.1. The van der Waals surface area contributed by atoms with Crippen LogP contribution in [0.15, 0.2) is 30.6 Å². The maximum atomic E-state index is 13.8. The van der Waals surface area contributed by atoms with Gasteiger partial charge >= 0.3 is 12.2 Å². The molecule has 5 heterocycles. The number of amides is 4. The number of imidazole rings is 1. The number of anilines is 1. The second kappa shape index (κ2) is 11.9. The molecular weight excluding hydrogens is 681 g/mol. The summed E-state index contributed by atoms with van der Waals surface area (Å²) in [5, 5.41) is 21.9. The molecule has 4 amide bonds. The summed E-state index contributed by atoms with van der Waals surface area (Å²) in [6.45, 7) is 2.72. The molecule has 4 fully saturated rings. The number of nitrogens with one attached hydrogen (secondary N) is 3. The second-order valence-corrected chi connectivity index (χ2v) is 13.3. The van der Waals surface area contributed by atoms with Crippen molar-refractivity contribution in [1.29, 1.82) is 0 Å². The van der Waals surface area contributed by atoms with E-state index in [1.807, 2.05) is 0 Å². The van der Waals surface area contributed by atoms with Crippen molar-refractivity contribution in [2.75, 3.05) is 44.6 Å². The lowest BCUT2D eigenvalue weighted by Crippen LogP contribution is -2.49. The highest BCUT2D eigenvalue weighted by Crippen LogP contribution is 2.53. The monoisotopic (exact) mass is 711 g/mol. The minimum atomic E-state index is -4.95. The molecule has 1 aliphatic carbocycles.